The Hall–Kier alpha value is -0.870. The van der Waals surface area contributed by atoms with Crippen LogP contribution in [0.25, 0.3) is 0 Å². The van der Waals surface area contributed by atoms with Crippen LogP contribution in [0.3, 0.4) is 0 Å². The molecule has 0 aliphatic heterocycles. The smallest absolute Gasteiger partial charge is 0.309 e. The summed E-state index contributed by atoms with van der Waals surface area (Å²) < 4.78 is 0. The van der Waals surface area contributed by atoms with Crippen molar-refractivity contribution in [2.75, 3.05) is 0 Å². The zero-order valence-corrected chi connectivity index (χ0v) is 14.9. The molecule has 0 aromatic heterocycles. The highest BCUT2D eigenvalue weighted by Crippen LogP contribution is 2.74. The van der Waals surface area contributed by atoms with Crippen molar-refractivity contribution in [3.8, 4) is 0 Å². The van der Waals surface area contributed by atoms with E-state index in [0.717, 1.165) is 31.3 Å². The average molecular weight is 334 g/mol. The second-order valence-electron chi connectivity index (χ2n) is 9.71. The van der Waals surface area contributed by atoms with E-state index in [1.807, 2.05) is 6.92 Å². The SMILES string of the molecule is C=C1C[C@@]23CC[C@@H]4[C@](C)(C(=O)O)CCC[C@@]4(C)[C@]2(O)CC[C@]1(O)C3. The molecule has 4 rings (SSSR count). The molecule has 4 fully saturated rings. The third-order valence-corrected chi connectivity index (χ3v) is 8.89. The fraction of sp³-hybridized carbons (Fsp3) is 0.850. The minimum Gasteiger partial charge on any atom is -0.481 e. The maximum absolute atomic E-state index is 12.1. The number of hydrogen-bond acceptors (Lipinski definition) is 3. The van der Waals surface area contributed by atoms with Gasteiger partial charge in [0.2, 0.25) is 0 Å². The molecule has 0 saturated heterocycles. The first-order chi connectivity index (χ1) is 11.0. The Morgan fingerprint density at radius 3 is 2.50 bits per heavy atom. The van der Waals surface area contributed by atoms with Gasteiger partial charge in [-0.15, -0.1) is 0 Å². The summed E-state index contributed by atoms with van der Waals surface area (Å²) in [6.07, 6.45) is 6.44. The number of carboxylic acids is 1. The van der Waals surface area contributed by atoms with Crippen molar-refractivity contribution in [1.29, 1.82) is 0 Å². The summed E-state index contributed by atoms with van der Waals surface area (Å²) >= 11 is 0. The normalized spacial score (nSPS) is 56.5. The summed E-state index contributed by atoms with van der Waals surface area (Å²) in [6, 6.07) is 0. The topological polar surface area (TPSA) is 77.8 Å². The molecule has 0 radical (unpaired) electrons. The molecule has 6 atom stereocenters. The lowest BCUT2D eigenvalue weighted by Crippen LogP contribution is -2.69. The average Bonchev–Trinajstić information content (AvgIpc) is 2.71. The molecule has 0 unspecified atom stereocenters. The highest BCUT2D eigenvalue weighted by molar-refractivity contribution is 5.75. The number of aliphatic hydroxyl groups is 2. The van der Waals surface area contributed by atoms with E-state index in [4.69, 9.17) is 0 Å². The van der Waals surface area contributed by atoms with Gasteiger partial charge in [-0.3, -0.25) is 4.79 Å². The van der Waals surface area contributed by atoms with Gasteiger partial charge in [-0.1, -0.05) is 19.9 Å². The molecule has 4 saturated carbocycles. The van der Waals surface area contributed by atoms with Crippen LogP contribution >= 0.6 is 0 Å². The Labute approximate surface area is 144 Å². The van der Waals surface area contributed by atoms with Gasteiger partial charge in [0.1, 0.15) is 0 Å². The quantitative estimate of drug-likeness (QED) is 0.643. The van der Waals surface area contributed by atoms with Gasteiger partial charge in [-0.05, 0) is 69.8 Å². The summed E-state index contributed by atoms with van der Waals surface area (Å²) in [7, 11) is 0. The van der Waals surface area contributed by atoms with Crippen LogP contribution in [0.1, 0.15) is 71.6 Å². The lowest BCUT2D eigenvalue weighted by atomic mass is 9.38. The molecule has 0 heterocycles. The van der Waals surface area contributed by atoms with E-state index in [1.165, 1.54) is 0 Å². The molecule has 4 nitrogen and oxygen atoms in total. The van der Waals surface area contributed by atoms with Crippen molar-refractivity contribution in [2.24, 2.45) is 22.2 Å². The van der Waals surface area contributed by atoms with Crippen molar-refractivity contribution >= 4 is 5.97 Å². The van der Waals surface area contributed by atoms with E-state index < -0.39 is 28.0 Å². The van der Waals surface area contributed by atoms with Gasteiger partial charge in [0.15, 0.2) is 0 Å². The summed E-state index contributed by atoms with van der Waals surface area (Å²) in [6.45, 7) is 8.12. The zero-order valence-electron chi connectivity index (χ0n) is 14.9. The second kappa shape index (κ2) is 4.45. The Balaban J connectivity index is 1.83. The van der Waals surface area contributed by atoms with E-state index in [1.54, 1.807) is 0 Å². The molecule has 3 N–H and O–H groups in total. The maximum atomic E-state index is 12.1. The summed E-state index contributed by atoms with van der Waals surface area (Å²) in [5.41, 5.74) is -2.32. The lowest BCUT2D eigenvalue weighted by Gasteiger charge is -2.67. The number of carboxylic acid groups (broad SMARTS) is 1. The molecule has 4 heteroatoms. The van der Waals surface area contributed by atoms with Gasteiger partial charge < -0.3 is 15.3 Å². The highest BCUT2D eigenvalue weighted by atomic mass is 16.4. The molecular weight excluding hydrogens is 304 g/mol. The van der Waals surface area contributed by atoms with Gasteiger partial charge in [-0.2, -0.15) is 0 Å². The molecule has 24 heavy (non-hydrogen) atoms. The van der Waals surface area contributed by atoms with Crippen molar-refractivity contribution in [1.82, 2.24) is 0 Å². The van der Waals surface area contributed by atoms with Crippen LogP contribution in [0.2, 0.25) is 0 Å². The molecule has 0 aromatic carbocycles. The third-order valence-electron chi connectivity index (χ3n) is 8.89. The van der Waals surface area contributed by atoms with E-state index >= 15 is 0 Å². The van der Waals surface area contributed by atoms with Crippen LogP contribution in [0.4, 0.5) is 0 Å². The predicted octanol–water partition coefficient (Wildman–Crippen LogP) is 3.27. The minimum atomic E-state index is -0.897. The zero-order chi connectivity index (χ0) is 17.6. The molecule has 2 bridgehead atoms. The Morgan fingerprint density at radius 2 is 1.83 bits per heavy atom. The monoisotopic (exact) mass is 334 g/mol. The maximum Gasteiger partial charge on any atom is 0.309 e. The fourth-order valence-electron chi connectivity index (χ4n) is 7.49. The Kier molecular flexibility index (Phi) is 3.07. The summed E-state index contributed by atoms with van der Waals surface area (Å²) in [4.78, 5) is 12.1. The van der Waals surface area contributed by atoms with Gasteiger partial charge in [0.25, 0.3) is 0 Å². The first-order valence-electron chi connectivity index (χ1n) is 9.40. The number of carbonyl (C=O) groups is 1. The molecule has 0 amide bonds. The van der Waals surface area contributed by atoms with Crippen LogP contribution < -0.4 is 0 Å². The molecule has 4 aliphatic rings. The van der Waals surface area contributed by atoms with Crippen molar-refractivity contribution in [3.63, 3.8) is 0 Å². The minimum absolute atomic E-state index is 0.00747. The molecule has 1 spiro atoms. The van der Waals surface area contributed by atoms with Crippen LogP contribution in [-0.4, -0.2) is 32.5 Å². The van der Waals surface area contributed by atoms with E-state index in [2.05, 4.69) is 13.5 Å². The number of fused-ring (bicyclic) bond motifs is 3. The van der Waals surface area contributed by atoms with E-state index in [0.29, 0.717) is 32.1 Å². The molecule has 0 aromatic rings. The van der Waals surface area contributed by atoms with Crippen LogP contribution in [-0.2, 0) is 4.79 Å². The van der Waals surface area contributed by atoms with Crippen LogP contribution in [0.5, 0.6) is 0 Å². The first-order valence-corrected chi connectivity index (χ1v) is 9.40. The fourth-order valence-corrected chi connectivity index (χ4v) is 7.49. The standard InChI is InChI=1S/C20H30O4/c1-13-11-18-8-5-14-16(2,15(21)22)6-4-7-17(14,3)20(18,24)10-9-19(13,23)12-18/h14,23-24H,1,4-12H2,2-3H3,(H,21,22)/t14-,16-,17-,18-,19+,20-/m1/s1. The van der Waals surface area contributed by atoms with E-state index in [-0.39, 0.29) is 11.3 Å². The second-order valence-corrected chi connectivity index (χ2v) is 9.71. The van der Waals surface area contributed by atoms with Crippen LogP contribution in [0, 0.1) is 22.2 Å². The van der Waals surface area contributed by atoms with Gasteiger partial charge >= 0.3 is 5.97 Å². The Bertz CT molecular complexity index is 629. The molecule has 134 valence electrons. The molecule has 4 aliphatic carbocycles. The largest absolute Gasteiger partial charge is 0.481 e. The van der Waals surface area contributed by atoms with Gasteiger partial charge in [0, 0.05) is 10.8 Å². The Morgan fingerprint density at radius 1 is 1.12 bits per heavy atom. The molecular formula is C20H30O4. The van der Waals surface area contributed by atoms with Crippen molar-refractivity contribution in [2.45, 2.75) is 82.8 Å². The number of aliphatic carboxylic acids is 1. The third kappa shape index (κ3) is 1.60. The summed E-state index contributed by atoms with van der Waals surface area (Å²) in [5, 5.41) is 32.8. The van der Waals surface area contributed by atoms with Gasteiger partial charge in [-0.25, -0.2) is 0 Å². The summed E-state index contributed by atoms with van der Waals surface area (Å²) in [5.74, 6) is -0.729. The highest BCUT2D eigenvalue weighted by Gasteiger charge is 2.74. The first kappa shape index (κ1) is 16.6. The van der Waals surface area contributed by atoms with Gasteiger partial charge in [0.05, 0.1) is 16.6 Å². The lowest BCUT2D eigenvalue weighted by molar-refractivity contribution is -0.270. The van der Waals surface area contributed by atoms with E-state index in [9.17, 15) is 20.1 Å². The van der Waals surface area contributed by atoms with Crippen molar-refractivity contribution in [3.05, 3.63) is 12.2 Å². The number of hydrogen-bond donors (Lipinski definition) is 3. The predicted molar refractivity (Wildman–Crippen MR) is 90.4 cm³/mol. The number of rotatable bonds is 1. The van der Waals surface area contributed by atoms with Crippen LogP contribution in [0.15, 0.2) is 12.2 Å². The van der Waals surface area contributed by atoms with Crippen molar-refractivity contribution < 1.29 is 20.1 Å².